The van der Waals surface area contributed by atoms with Gasteiger partial charge in [-0.1, -0.05) is 12.1 Å². The molecule has 0 aromatic heterocycles. The molecule has 1 aliphatic heterocycles. The van der Waals surface area contributed by atoms with Crippen LogP contribution in [0.2, 0.25) is 0 Å². The summed E-state index contributed by atoms with van der Waals surface area (Å²) in [6.45, 7) is 1.76. The average molecular weight is 287 g/mol. The van der Waals surface area contributed by atoms with Gasteiger partial charge in [0, 0.05) is 6.07 Å². The fourth-order valence-corrected chi connectivity index (χ4v) is 2.18. The van der Waals surface area contributed by atoms with Crippen molar-refractivity contribution in [2.75, 3.05) is 23.0 Å². The van der Waals surface area contributed by atoms with E-state index in [1.165, 1.54) is 6.07 Å². The molecule has 1 amide bonds. The number of amides is 1. The molecule has 1 heterocycles. The molecule has 0 atom stereocenters. The highest BCUT2D eigenvalue weighted by Gasteiger charge is 2.18. The van der Waals surface area contributed by atoms with Gasteiger partial charge in [-0.2, -0.15) is 0 Å². The van der Waals surface area contributed by atoms with Crippen LogP contribution in [0.3, 0.4) is 0 Å². The van der Waals surface area contributed by atoms with Crippen LogP contribution in [0.15, 0.2) is 30.3 Å². The van der Waals surface area contributed by atoms with Crippen molar-refractivity contribution in [2.45, 2.75) is 6.92 Å². The standard InChI is InChI=1S/C15H14FN3O2/c1-8-3-2-4-9(16)15(8)19-11-6-12-13(5-10(11)17)21-7-14(20)18-12/h2-6,19H,7,17H2,1H3,(H,18,20). The van der Waals surface area contributed by atoms with Gasteiger partial charge in [0.1, 0.15) is 11.6 Å². The molecule has 0 saturated heterocycles. The first-order valence-electron chi connectivity index (χ1n) is 6.43. The van der Waals surface area contributed by atoms with Gasteiger partial charge in [0.15, 0.2) is 6.61 Å². The first kappa shape index (κ1) is 13.2. The number of benzene rings is 2. The van der Waals surface area contributed by atoms with Crippen LogP contribution < -0.4 is 21.1 Å². The summed E-state index contributed by atoms with van der Waals surface area (Å²) >= 11 is 0. The Balaban J connectivity index is 1.99. The zero-order valence-electron chi connectivity index (χ0n) is 11.4. The number of carbonyl (C=O) groups is 1. The number of nitrogens with one attached hydrogen (secondary N) is 2. The first-order chi connectivity index (χ1) is 10.0. The van der Waals surface area contributed by atoms with Gasteiger partial charge in [-0.15, -0.1) is 0 Å². The van der Waals surface area contributed by atoms with Gasteiger partial charge >= 0.3 is 0 Å². The highest BCUT2D eigenvalue weighted by molar-refractivity contribution is 5.97. The van der Waals surface area contributed by atoms with Crippen LogP contribution in [-0.2, 0) is 4.79 Å². The average Bonchev–Trinajstić information content (AvgIpc) is 2.44. The lowest BCUT2D eigenvalue weighted by molar-refractivity contribution is -0.118. The molecule has 3 rings (SSSR count). The van der Waals surface area contributed by atoms with Crippen molar-refractivity contribution >= 4 is 28.7 Å². The molecule has 21 heavy (non-hydrogen) atoms. The van der Waals surface area contributed by atoms with Crippen LogP contribution in [0.25, 0.3) is 0 Å². The summed E-state index contributed by atoms with van der Waals surface area (Å²) in [6.07, 6.45) is 0. The minimum Gasteiger partial charge on any atom is -0.482 e. The van der Waals surface area contributed by atoms with Gasteiger partial charge in [-0.3, -0.25) is 4.79 Å². The Morgan fingerprint density at radius 3 is 2.95 bits per heavy atom. The number of fused-ring (bicyclic) bond motifs is 1. The van der Waals surface area contributed by atoms with Crippen LogP contribution in [0.4, 0.5) is 27.1 Å². The van der Waals surface area contributed by atoms with Crippen molar-refractivity contribution in [2.24, 2.45) is 0 Å². The van der Waals surface area contributed by atoms with Gasteiger partial charge in [-0.25, -0.2) is 4.39 Å². The number of halogens is 1. The maximum atomic E-state index is 13.9. The molecule has 4 N–H and O–H groups in total. The van der Waals surface area contributed by atoms with Crippen molar-refractivity contribution in [1.82, 2.24) is 0 Å². The maximum absolute atomic E-state index is 13.9. The third-order valence-corrected chi connectivity index (χ3v) is 3.27. The predicted molar refractivity (Wildman–Crippen MR) is 79.4 cm³/mol. The molecule has 0 bridgehead atoms. The van der Waals surface area contributed by atoms with Crippen LogP contribution >= 0.6 is 0 Å². The lowest BCUT2D eigenvalue weighted by Crippen LogP contribution is -2.25. The summed E-state index contributed by atoms with van der Waals surface area (Å²) < 4.78 is 19.1. The molecule has 0 spiro atoms. The van der Waals surface area contributed by atoms with Crippen molar-refractivity contribution in [3.63, 3.8) is 0 Å². The van der Waals surface area contributed by atoms with E-state index in [9.17, 15) is 9.18 Å². The minimum atomic E-state index is -0.368. The molecular weight excluding hydrogens is 273 g/mol. The smallest absolute Gasteiger partial charge is 0.262 e. The molecule has 0 fully saturated rings. The molecule has 1 aliphatic rings. The summed E-state index contributed by atoms with van der Waals surface area (Å²) in [4.78, 5) is 11.3. The normalized spacial score (nSPS) is 13.1. The quantitative estimate of drug-likeness (QED) is 0.742. The maximum Gasteiger partial charge on any atom is 0.262 e. The number of nitrogen functional groups attached to an aromatic ring is 1. The summed E-state index contributed by atoms with van der Waals surface area (Å²) in [6, 6.07) is 8.04. The lowest BCUT2D eigenvalue weighted by Gasteiger charge is -2.21. The van der Waals surface area contributed by atoms with Crippen LogP contribution in [0.1, 0.15) is 5.56 Å². The van der Waals surface area contributed by atoms with Crippen LogP contribution in [0, 0.1) is 12.7 Å². The van der Waals surface area contributed by atoms with Crippen molar-refractivity contribution in [1.29, 1.82) is 0 Å². The summed E-state index contributed by atoms with van der Waals surface area (Å²) in [5, 5.41) is 5.66. The van der Waals surface area contributed by atoms with Crippen LogP contribution in [0.5, 0.6) is 5.75 Å². The van der Waals surface area contributed by atoms with Gasteiger partial charge in [0.05, 0.1) is 22.7 Å². The zero-order valence-corrected chi connectivity index (χ0v) is 11.4. The molecule has 6 heteroatoms. The van der Waals surface area contributed by atoms with E-state index in [1.807, 2.05) is 0 Å². The number of rotatable bonds is 2. The van der Waals surface area contributed by atoms with E-state index in [4.69, 9.17) is 10.5 Å². The van der Waals surface area contributed by atoms with Gasteiger partial charge in [0.2, 0.25) is 0 Å². The molecule has 108 valence electrons. The Morgan fingerprint density at radius 1 is 1.38 bits per heavy atom. The second kappa shape index (κ2) is 4.97. The Kier molecular flexibility index (Phi) is 3.13. The van der Waals surface area contributed by atoms with Gasteiger partial charge in [0.25, 0.3) is 5.91 Å². The summed E-state index contributed by atoms with van der Waals surface area (Å²) in [5.41, 5.74) is 8.49. The van der Waals surface area contributed by atoms with Crippen molar-refractivity contribution in [3.05, 3.63) is 41.7 Å². The van der Waals surface area contributed by atoms with Crippen LogP contribution in [-0.4, -0.2) is 12.5 Å². The largest absolute Gasteiger partial charge is 0.482 e. The topological polar surface area (TPSA) is 76.4 Å². The Bertz CT molecular complexity index is 711. The SMILES string of the molecule is Cc1cccc(F)c1Nc1cc2c(cc1N)OCC(=O)N2. The highest BCUT2D eigenvalue weighted by atomic mass is 19.1. The summed E-state index contributed by atoms with van der Waals surface area (Å²) in [7, 11) is 0. The van der Waals surface area contributed by atoms with E-state index < -0.39 is 0 Å². The van der Waals surface area contributed by atoms with E-state index >= 15 is 0 Å². The predicted octanol–water partition coefficient (Wildman–Crippen LogP) is 2.79. The summed E-state index contributed by atoms with van der Waals surface area (Å²) in [5.74, 6) is -0.101. The number of hydrogen-bond donors (Lipinski definition) is 3. The molecule has 0 radical (unpaired) electrons. The first-order valence-corrected chi connectivity index (χ1v) is 6.43. The van der Waals surface area contributed by atoms with Gasteiger partial charge in [-0.05, 0) is 24.6 Å². The molecule has 0 aliphatic carbocycles. The second-order valence-corrected chi connectivity index (χ2v) is 4.83. The number of ether oxygens (including phenoxy) is 1. The van der Waals surface area contributed by atoms with E-state index in [0.29, 0.717) is 28.5 Å². The molecule has 0 unspecified atom stereocenters. The number of hydrogen-bond acceptors (Lipinski definition) is 4. The third kappa shape index (κ3) is 2.47. The molecular formula is C15H14FN3O2. The molecule has 5 nitrogen and oxygen atoms in total. The van der Waals surface area contributed by atoms with E-state index in [1.54, 1.807) is 31.2 Å². The second-order valence-electron chi connectivity index (χ2n) is 4.83. The number of carbonyl (C=O) groups excluding carboxylic acids is 1. The van der Waals surface area contributed by atoms with Crippen molar-refractivity contribution < 1.29 is 13.9 Å². The van der Waals surface area contributed by atoms with E-state index in [0.717, 1.165) is 5.56 Å². The zero-order chi connectivity index (χ0) is 15.0. The minimum absolute atomic E-state index is 0.0361. The number of aryl methyl sites for hydroxylation is 1. The molecule has 2 aromatic carbocycles. The number of para-hydroxylation sites is 1. The Morgan fingerprint density at radius 2 is 2.19 bits per heavy atom. The van der Waals surface area contributed by atoms with Crippen molar-refractivity contribution in [3.8, 4) is 5.75 Å². The lowest BCUT2D eigenvalue weighted by atomic mass is 10.1. The highest BCUT2D eigenvalue weighted by Crippen LogP contribution is 2.37. The molecule has 0 saturated carbocycles. The fraction of sp³-hybridized carbons (Fsp3) is 0.133. The molecule has 2 aromatic rings. The van der Waals surface area contributed by atoms with Gasteiger partial charge < -0.3 is 21.1 Å². The fourth-order valence-electron chi connectivity index (χ4n) is 2.18. The third-order valence-electron chi connectivity index (χ3n) is 3.27. The number of anilines is 4. The van der Waals surface area contributed by atoms with E-state index in [2.05, 4.69) is 10.6 Å². The van der Waals surface area contributed by atoms with E-state index in [-0.39, 0.29) is 18.3 Å². The Hall–Kier alpha value is -2.76. The Labute approximate surface area is 120 Å². The number of nitrogens with two attached hydrogens (primary N) is 1. The monoisotopic (exact) mass is 287 g/mol.